The molecule has 0 heterocycles. The zero-order valence-electron chi connectivity index (χ0n) is 16.9. The first kappa shape index (κ1) is 20.8. The van der Waals surface area contributed by atoms with Gasteiger partial charge in [-0.25, -0.2) is 0 Å². The van der Waals surface area contributed by atoms with Gasteiger partial charge in [0.1, 0.15) is 5.69 Å². The van der Waals surface area contributed by atoms with E-state index in [1.54, 1.807) is 19.2 Å². The van der Waals surface area contributed by atoms with E-state index in [2.05, 4.69) is 28.8 Å². The number of nitro benzene ring substituents is 1. The van der Waals surface area contributed by atoms with Crippen molar-refractivity contribution in [1.82, 2.24) is 5.32 Å². The molecule has 1 atom stereocenters. The maximum Gasteiger partial charge on any atom is 0.293 e. The van der Waals surface area contributed by atoms with Gasteiger partial charge in [0.2, 0.25) is 0 Å². The van der Waals surface area contributed by atoms with E-state index in [0.29, 0.717) is 18.8 Å². The summed E-state index contributed by atoms with van der Waals surface area (Å²) in [5.74, 6) is -0.332. The maximum atomic E-state index is 12.7. The van der Waals surface area contributed by atoms with Gasteiger partial charge in [0.25, 0.3) is 11.6 Å². The number of hydrogen-bond donors (Lipinski definition) is 2. The Balaban J connectivity index is 1.72. The van der Waals surface area contributed by atoms with Gasteiger partial charge in [-0.05, 0) is 61.4 Å². The Kier molecular flexibility index (Phi) is 6.82. The molecule has 0 bridgehead atoms. The molecule has 1 aliphatic carbocycles. The van der Waals surface area contributed by atoms with Gasteiger partial charge in [-0.1, -0.05) is 18.2 Å². The number of rotatable bonds is 8. The van der Waals surface area contributed by atoms with Crippen molar-refractivity contribution in [3.8, 4) is 0 Å². The first-order valence-corrected chi connectivity index (χ1v) is 9.93. The standard InChI is InChI=1S/C22H27N3O4/c1-15(17-8-7-16-5-3-4-6-18(16)13-17)24-22(26)19-9-10-20(23-11-12-29-2)21(14-19)25(27)28/h7-10,13-15,23H,3-6,11-12H2,1-2H3,(H,24,26). The summed E-state index contributed by atoms with van der Waals surface area (Å²) in [5.41, 5.74) is 4.30. The molecule has 2 N–H and O–H groups in total. The Morgan fingerprint density at radius 3 is 2.66 bits per heavy atom. The topological polar surface area (TPSA) is 93.5 Å². The lowest BCUT2D eigenvalue weighted by molar-refractivity contribution is -0.384. The predicted octanol–water partition coefficient (Wildman–Crippen LogP) is 4.02. The monoisotopic (exact) mass is 397 g/mol. The zero-order chi connectivity index (χ0) is 20.8. The van der Waals surface area contributed by atoms with Crippen molar-refractivity contribution in [2.75, 3.05) is 25.6 Å². The fourth-order valence-electron chi connectivity index (χ4n) is 3.65. The molecule has 0 aromatic heterocycles. The lowest BCUT2D eigenvalue weighted by Gasteiger charge is -2.20. The number of fused-ring (bicyclic) bond motifs is 1. The highest BCUT2D eigenvalue weighted by Crippen LogP contribution is 2.27. The summed E-state index contributed by atoms with van der Waals surface area (Å²) >= 11 is 0. The van der Waals surface area contributed by atoms with Gasteiger partial charge in [-0.15, -0.1) is 0 Å². The van der Waals surface area contributed by atoms with E-state index in [-0.39, 0.29) is 23.2 Å². The van der Waals surface area contributed by atoms with E-state index in [1.165, 1.54) is 30.0 Å². The molecule has 29 heavy (non-hydrogen) atoms. The molecule has 7 heteroatoms. The van der Waals surface area contributed by atoms with Gasteiger partial charge in [-0.2, -0.15) is 0 Å². The van der Waals surface area contributed by atoms with Crippen molar-refractivity contribution in [2.24, 2.45) is 0 Å². The summed E-state index contributed by atoms with van der Waals surface area (Å²) in [4.78, 5) is 23.6. The molecular formula is C22H27N3O4. The van der Waals surface area contributed by atoms with Crippen LogP contribution in [0.5, 0.6) is 0 Å². The lowest BCUT2D eigenvalue weighted by Crippen LogP contribution is -2.27. The molecule has 0 spiro atoms. The molecule has 0 fully saturated rings. The Morgan fingerprint density at radius 1 is 1.17 bits per heavy atom. The molecule has 2 aromatic carbocycles. The largest absolute Gasteiger partial charge is 0.383 e. The van der Waals surface area contributed by atoms with Crippen molar-refractivity contribution in [1.29, 1.82) is 0 Å². The lowest BCUT2D eigenvalue weighted by atomic mass is 9.89. The predicted molar refractivity (Wildman–Crippen MR) is 112 cm³/mol. The van der Waals surface area contributed by atoms with Crippen LogP contribution in [-0.2, 0) is 17.6 Å². The van der Waals surface area contributed by atoms with Gasteiger partial charge in [0, 0.05) is 25.3 Å². The molecule has 1 aliphatic rings. The van der Waals surface area contributed by atoms with E-state index in [4.69, 9.17) is 4.74 Å². The van der Waals surface area contributed by atoms with Gasteiger partial charge in [0.15, 0.2) is 0 Å². The highest BCUT2D eigenvalue weighted by atomic mass is 16.6. The van der Waals surface area contributed by atoms with E-state index in [1.807, 2.05) is 6.92 Å². The first-order valence-electron chi connectivity index (χ1n) is 9.93. The van der Waals surface area contributed by atoms with Crippen LogP contribution >= 0.6 is 0 Å². The van der Waals surface area contributed by atoms with Gasteiger partial charge >= 0.3 is 0 Å². The Labute approximate surface area is 170 Å². The summed E-state index contributed by atoms with van der Waals surface area (Å²) in [6.07, 6.45) is 4.62. The Morgan fingerprint density at radius 2 is 1.93 bits per heavy atom. The number of amides is 1. The van der Waals surface area contributed by atoms with E-state index in [0.717, 1.165) is 18.4 Å². The fourth-order valence-corrected chi connectivity index (χ4v) is 3.65. The van der Waals surface area contributed by atoms with E-state index in [9.17, 15) is 14.9 Å². The molecule has 2 aromatic rings. The third-order valence-electron chi connectivity index (χ3n) is 5.30. The number of hydrogen-bond acceptors (Lipinski definition) is 5. The van der Waals surface area contributed by atoms with Crippen LogP contribution in [0, 0.1) is 10.1 Å². The highest BCUT2D eigenvalue weighted by Gasteiger charge is 2.19. The summed E-state index contributed by atoms with van der Waals surface area (Å²) < 4.78 is 4.95. The number of aryl methyl sites for hydroxylation is 2. The molecule has 0 saturated heterocycles. The number of carbonyl (C=O) groups is 1. The van der Waals surface area contributed by atoms with Crippen LogP contribution < -0.4 is 10.6 Å². The number of benzene rings is 2. The van der Waals surface area contributed by atoms with Crippen LogP contribution in [0.25, 0.3) is 0 Å². The summed E-state index contributed by atoms with van der Waals surface area (Å²) in [7, 11) is 1.56. The molecule has 1 unspecified atom stereocenters. The second-order valence-electron chi connectivity index (χ2n) is 7.34. The molecule has 154 valence electrons. The number of nitrogens with one attached hydrogen (secondary N) is 2. The normalized spacial score (nSPS) is 14.0. The van der Waals surface area contributed by atoms with Crippen molar-refractivity contribution in [2.45, 2.75) is 38.6 Å². The van der Waals surface area contributed by atoms with Crippen LogP contribution in [0.4, 0.5) is 11.4 Å². The van der Waals surface area contributed by atoms with Gasteiger partial charge < -0.3 is 15.4 Å². The number of methoxy groups -OCH3 is 1. The van der Waals surface area contributed by atoms with E-state index >= 15 is 0 Å². The smallest absolute Gasteiger partial charge is 0.293 e. The molecule has 0 saturated carbocycles. The summed E-state index contributed by atoms with van der Waals surface area (Å²) in [5, 5.41) is 17.3. The van der Waals surface area contributed by atoms with Crippen molar-refractivity contribution in [3.05, 3.63) is 68.8 Å². The van der Waals surface area contributed by atoms with Crippen molar-refractivity contribution >= 4 is 17.3 Å². The maximum absolute atomic E-state index is 12.7. The Hall–Kier alpha value is -2.93. The zero-order valence-corrected chi connectivity index (χ0v) is 16.9. The molecule has 3 rings (SSSR count). The molecule has 0 radical (unpaired) electrons. The minimum Gasteiger partial charge on any atom is -0.383 e. The third kappa shape index (κ3) is 5.12. The van der Waals surface area contributed by atoms with E-state index < -0.39 is 4.92 Å². The van der Waals surface area contributed by atoms with Crippen LogP contribution in [-0.4, -0.2) is 31.1 Å². The second-order valence-corrected chi connectivity index (χ2v) is 7.34. The summed E-state index contributed by atoms with van der Waals surface area (Å²) in [6, 6.07) is 10.7. The third-order valence-corrected chi connectivity index (χ3v) is 5.30. The number of anilines is 1. The van der Waals surface area contributed by atoms with Crippen LogP contribution in [0.2, 0.25) is 0 Å². The number of carbonyl (C=O) groups excluding carboxylic acids is 1. The quantitative estimate of drug-likeness (QED) is 0.399. The fraction of sp³-hybridized carbons (Fsp3) is 0.409. The van der Waals surface area contributed by atoms with Crippen molar-refractivity contribution in [3.63, 3.8) is 0 Å². The SMILES string of the molecule is COCCNc1ccc(C(=O)NC(C)c2ccc3c(c2)CCCC3)cc1[N+](=O)[O-]. The summed E-state index contributed by atoms with van der Waals surface area (Å²) in [6.45, 7) is 2.80. The van der Waals surface area contributed by atoms with Crippen molar-refractivity contribution < 1.29 is 14.5 Å². The molecule has 7 nitrogen and oxygen atoms in total. The number of ether oxygens (including phenoxy) is 1. The Bertz CT molecular complexity index is 898. The molecular weight excluding hydrogens is 370 g/mol. The number of nitrogens with zero attached hydrogens (tertiary/aromatic N) is 1. The van der Waals surface area contributed by atoms with Gasteiger partial charge in [0.05, 0.1) is 17.6 Å². The highest BCUT2D eigenvalue weighted by molar-refractivity contribution is 5.96. The molecule has 0 aliphatic heterocycles. The molecule has 1 amide bonds. The number of nitro groups is 1. The first-order chi connectivity index (χ1) is 14.0. The minimum absolute atomic E-state index is 0.129. The average Bonchev–Trinajstić information content (AvgIpc) is 2.73. The van der Waals surface area contributed by atoms with Gasteiger partial charge in [-0.3, -0.25) is 14.9 Å². The average molecular weight is 397 g/mol. The minimum atomic E-state index is -0.487. The van der Waals surface area contributed by atoms with Crippen LogP contribution in [0.3, 0.4) is 0 Å². The van der Waals surface area contributed by atoms with Crippen LogP contribution in [0.15, 0.2) is 36.4 Å². The van der Waals surface area contributed by atoms with Crippen LogP contribution in [0.1, 0.15) is 52.9 Å². The second kappa shape index (κ2) is 9.52.